The van der Waals surface area contributed by atoms with Crippen LogP contribution in [0.15, 0.2) is 24.3 Å². The van der Waals surface area contributed by atoms with Crippen LogP contribution in [-0.2, 0) is 40.0 Å². The first-order valence-electron chi connectivity index (χ1n) is 11.6. The third-order valence-electron chi connectivity index (χ3n) is 5.31. The number of nitrogens with one attached hydrogen (secondary N) is 3. The van der Waals surface area contributed by atoms with Gasteiger partial charge in [-0.3, -0.25) is 28.8 Å². The number of carboxylic acids is 3. The topological polar surface area (TPSA) is 289 Å². The largest absolute Gasteiger partial charge is 0.508 e. The van der Waals surface area contributed by atoms with Gasteiger partial charge in [0.15, 0.2) is 0 Å². The molecule has 16 heteroatoms. The van der Waals surface area contributed by atoms with Gasteiger partial charge in [-0.15, -0.1) is 0 Å². The number of nitrogens with two attached hydrogens (primary N) is 2. The Bertz CT molecular complexity index is 1080. The highest BCUT2D eigenvalue weighted by atomic mass is 16.4. The Morgan fingerprint density at radius 3 is 1.72 bits per heavy atom. The van der Waals surface area contributed by atoms with E-state index >= 15 is 0 Å². The Hall–Kier alpha value is -4.73. The summed E-state index contributed by atoms with van der Waals surface area (Å²) in [5, 5.41) is 43.1. The average Bonchev–Trinajstić information content (AvgIpc) is 2.84. The third-order valence-corrected chi connectivity index (χ3v) is 5.31. The van der Waals surface area contributed by atoms with E-state index in [0.29, 0.717) is 5.56 Å². The molecule has 4 amide bonds. The Balaban J connectivity index is 3.15. The number of benzene rings is 1. The molecule has 0 bridgehead atoms. The summed E-state index contributed by atoms with van der Waals surface area (Å²) >= 11 is 0. The standard InChI is InChI=1S/C23H31N5O11/c24-13(5-7-18(31)32)20(35)27-16(10-17(25)30)22(37)28-15(9-11-1-3-12(29)4-2-11)21(36)26-14(23(38)39)6-8-19(33)34/h1-4,13-16,29H,5-10,24H2,(H2,25,30)(H,26,36)(H,27,35)(H,28,37)(H,31,32)(H,33,34)(H,38,39). The molecule has 1 aromatic rings. The minimum atomic E-state index is -1.62. The van der Waals surface area contributed by atoms with Crippen LogP contribution < -0.4 is 27.4 Å². The van der Waals surface area contributed by atoms with Crippen LogP contribution in [0.3, 0.4) is 0 Å². The lowest BCUT2D eigenvalue weighted by atomic mass is 10.0. The number of aromatic hydroxyl groups is 1. The minimum absolute atomic E-state index is 0.0909. The van der Waals surface area contributed by atoms with Gasteiger partial charge in [-0.2, -0.15) is 0 Å². The summed E-state index contributed by atoms with van der Waals surface area (Å²) in [4.78, 5) is 83.0. The first kappa shape index (κ1) is 32.3. The number of amides is 4. The molecular formula is C23H31N5O11. The highest BCUT2D eigenvalue weighted by Gasteiger charge is 2.31. The third kappa shape index (κ3) is 12.4. The summed E-state index contributed by atoms with van der Waals surface area (Å²) in [6.45, 7) is 0. The Labute approximate surface area is 221 Å². The predicted octanol–water partition coefficient (Wildman–Crippen LogP) is -2.59. The molecule has 16 nitrogen and oxygen atoms in total. The number of carbonyl (C=O) groups is 7. The van der Waals surface area contributed by atoms with Gasteiger partial charge in [0.1, 0.15) is 23.9 Å². The van der Waals surface area contributed by atoms with Crippen LogP contribution in [-0.4, -0.2) is 86.1 Å². The van der Waals surface area contributed by atoms with Crippen molar-refractivity contribution >= 4 is 41.5 Å². The number of phenolic OH excluding ortho intramolecular Hbond substituents is 1. The fourth-order valence-electron chi connectivity index (χ4n) is 3.25. The maximum Gasteiger partial charge on any atom is 0.326 e. The van der Waals surface area contributed by atoms with Gasteiger partial charge >= 0.3 is 17.9 Å². The molecule has 39 heavy (non-hydrogen) atoms. The van der Waals surface area contributed by atoms with E-state index in [1.807, 2.05) is 0 Å². The van der Waals surface area contributed by atoms with Crippen molar-refractivity contribution in [3.8, 4) is 5.75 Å². The van der Waals surface area contributed by atoms with Crippen molar-refractivity contribution in [2.75, 3.05) is 0 Å². The molecule has 11 N–H and O–H groups in total. The molecule has 1 rings (SSSR count). The van der Waals surface area contributed by atoms with Gasteiger partial charge in [0.25, 0.3) is 0 Å². The van der Waals surface area contributed by atoms with Gasteiger partial charge in [0, 0.05) is 19.3 Å². The Morgan fingerprint density at radius 2 is 1.21 bits per heavy atom. The van der Waals surface area contributed by atoms with Crippen molar-refractivity contribution in [3.63, 3.8) is 0 Å². The van der Waals surface area contributed by atoms with Gasteiger partial charge < -0.3 is 47.8 Å². The second-order valence-electron chi connectivity index (χ2n) is 8.53. The fourth-order valence-corrected chi connectivity index (χ4v) is 3.25. The number of aliphatic carboxylic acids is 3. The number of carboxylic acid groups (broad SMARTS) is 3. The molecule has 1 aromatic carbocycles. The van der Waals surface area contributed by atoms with Gasteiger partial charge in [-0.1, -0.05) is 12.1 Å². The van der Waals surface area contributed by atoms with Crippen LogP contribution in [0.4, 0.5) is 0 Å². The molecule has 0 fully saturated rings. The van der Waals surface area contributed by atoms with Crippen LogP contribution >= 0.6 is 0 Å². The monoisotopic (exact) mass is 553 g/mol. The summed E-state index contributed by atoms with van der Waals surface area (Å²) in [5.74, 6) is -8.17. The molecule has 0 aliphatic rings. The van der Waals surface area contributed by atoms with Crippen molar-refractivity contribution in [2.24, 2.45) is 11.5 Å². The summed E-state index contributed by atoms with van der Waals surface area (Å²) < 4.78 is 0. The number of phenols is 1. The predicted molar refractivity (Wildman–Crippen MR) is 131 cm³/mol. The molecule has 4 atom stereocenters. The van der Waals surface area contributed by atoms with E-state index in [2.05, 4.69) is 16.0 Å². The molecule has 4 unspecified atom stereocenters. The number of carbonyl (C=O) groups excluding carboxylic acids is 4. The summed E-state index contributed by atoms with van der Waals surface area (Å²) in [5.41, 5.74) is 11.2. The number of rotatable bonds is 17. The van der Waals surface area contributed by atoms with Gasteiger partial charge in [0.05, 0.1) is 12.5 Å². The van der Waals surface area contributed by atoms with Crippen LogP contribution in [0.25, 0.3) is 0 Å². The second kappa shape index (κ2) is 15.5. The summed E-state index contributed by atoms with van der Waals surface area (Å²) in [7, 11) is 0. The van der Waals surface area contributed by atoms with Crippen LogP contribution in [0.5, 0.6) is 5.75 Å². The van der Waals surface area contributed by atoms with E-state index in [1.54, 1.807) is 0 Å². The molecule has 0 aliphatic heterocycles. The Kier molecular flexibility index (Phi) is 12.8. The first-order valence-corrected chi connectivity index (χ1v) is 11.6. The number of hydrogen-bond donors (Lipinski definition) is 9. The zero-order valence-electron chi connectivity index (χ0n) is 20.7. The molecular weight excluding hydrogens is 522 g/mol. The van der Waals surface area contributed by atoms with E-state index in [-0.39, 0.29) is 18.6 Å². The van der Waals surface area contributed by atoms with Gasteiger partial charge in [0.2, 0.25) is 23.6 Å². The van der Waals surface area contributed by atoms with Crippen molar-refractivity contribution in [1.82, 2.24) is 16.0 Å². The lowest BCUT2D eigenvalue weighted by Gasteiger charge is -2.25. The van der Waals surface area contributed by atoms with E-state index in [9.17, 15) is 43.8 Å². The maximum atomic E-state index is 13.0. The summed E-state index contributed by atoms with van der Waals surface area (Å²) in [6, 6.07) is -0.616. The van der Waals surface area contributed by atoms with Gasteiger partial charge in [-0.25, -0.2) is 4.79 Å². The van der Waals surface area contributed by atoms with Crippen molar-refractivity contribution in [2.45, 2.75) is 62.7 Å². The minimum Gasteiger partial charge on any atom is -0.508 e. The first-order chi connectivity index (χ1) is 18.2. The fraction of sp³-hybridized carbons (Fsp3) is 0.435. The van der Waals surface area contributed by atoms with Gasteiger partial charge in [-0.05, 0) is 30.5 Å². The van der Waals surface area contributed by atoms with Crippen molar-refractivity contribution < 1.29 is 54.0 Å². The molecule has 0 spiro atoms. The highest BCUT2D eigenvalue weighted by Crippen LogP contribution is 2.12. The zero-order valence-corrected chi connectivity index (χ0v) is 20.7. The molecule has 0 saturated heterocycles. The van der Waals surface area contributed by atoms with E-state index < -0.39 is 91.4 Å². The van der Waals surface area contributed by atoms with Crippen molar-refractivity contribution in [3.05, 3.63) is 29.8 Å². The molecule has 214 valence electrons. The smallest absolute Gasteiger partial charge is 0.326 e. The molecule has 0 heterocycles. The number of primary amides is 1. The van der Waals surface area contributed by atoms with E-state index in [0.717, 1.165) is 0 Å². The summed E-state index contributed by atoms with van der Waals surface area (Å²) in [6.07, 6.45) is -2.69. The molecule has 0 radical (unpaired) electrons. The van der Waals surface area contributed by atoms with Crippen LogP contribution in [0.1, 0.15) is 37.7 Å². The van der Waals surface area contributed by atoms with Crippen molar-refractivity contribution in [1.29, 1.82) is 0 Å². The SMILES string of the molecule is NC(=O)CC(NC(=O)C(N)CCC(=O)O)C(=O)NC(Cc1ccc(O)cc1)C(=O)NC(CCC(=O)O)C(=O)O. The lowest BCUT2D eigenvalue weighted by Crippen LogP contribution is -2.58. The number of hydrogen-bond acceptors (Lipinski definition) is 9. The maximum absolute atomic E-state index is 13.0. The van der Waals surface area contributed by atoms with E-state index in [4.69, 9.17) is 21.7 Å². The average molecular weight is 554 g/mol. The highest BCUT2D eigenvalue weighted by molar-refractivity contribution is 5.96. The molecule has 0 saturated carbocycles. The molecule has 0 aromatic heterocycles. The normalized spacial score (nSPS) is 13.7. The lowest BCUT2D eigenvalue weighted by molar-refractivity contribution is -0.143. The second-order valence-corrected chi connectivity index (χ2v) is 8.53. The Morgan fingerprint density at radius 1 is 0.718 bits per heavy atom. The van der Waals surface area contributed by atoms with Crippen LogP contribution in [0, 0.1) is 0 Å². The van der Waals surface area contributed by atoms with Crippen LogP contribution in [0.2, 0.25) is 0 Å². The quantitative estimate of drug-likeness (QED) is 0.0960. The molecule has 0 aliphatic carbocycles. The van der Waals surface area contributed by atoms with E-state index in [1.165, 1.54) is 24.3 Å². The zero-order chi connectivity index (χ0) is 29.7.